The number of amides is 1. The molecule has 0 unspecified atom stereocenters. The number of aromatic hydroxyl groups is 2. The third-order valence-corrected chi connectivity index (χ3v) is 2.84. The van der Waals surface area contributed by atoms with E-state index in [0.29, 0.717) is 12.1 Å². The Morgan fingerprint density at radius 1 is 1.35 bits per heavy atom. The number of carbonyl (C=O) groups excluding carboxylic acids is 1. The van der Waals surface area contributed by atoms with E-state index in [1.807, 2.05) is 0 Å². The van der Waals surface area contributed by atoms with Gasteiger partial charge in [-0.2, -0.15) is 5.10 Å². The largest absolute Gasteiger partial charge is 0.504 e. The third kappa shape index (κ3) is 3.48. The van der Waals surface area contributed by atoms with E-state index in [-0.39, 0.29) is 23.8 Å². The molecule has 0 aliphatic heterocycles. The highest BCUT2D eigenvalue weighted by molar-refractivity contribution is 5.81. The van der Waals surface area contributed by atoms with Crippen molar-refractivity contribution < 1.29 is 15.0 Å². The monoisotopic (exact) mass is 276 g/mol. The number of nitrogens with one attached hydrogen (secondary N) is 2. The standard InChI is InChI=1S/C13H16N4O3/c14-10(5-8-1-2-11(18)12(19)6-8)13(20)15-7-9-3-4-16-17-9/h1-4,6,10,18-19H,5,7,14H2,(H,15,20)(H,16,17)/t10-/m0/s1. The summed E-state index contributed by atoms with van der Waals surface area (Å²) in [4.78, 5) is 11.8. The van der Waals surface area contributed by atoms with Gasteiger partial charge in [0.25, 0.3) is 0 Å². The summed E-state index contributed by atoms with van der Waals surface area (Å²) in [6.45, 7) is 0.327. The Kier molecular flexibility index (Phi) is 4.21. The van der Waals surface area contributed by atoms with Crippen molar-refractivity contribution in [2.75, 3.05) is 0 Å². The summed E-state index contributed by atoms with van der Waals surface area (Å²) in [6, 6.07) is 5.37. The van der Waals surface area contributed by atoms with E-state index in [4.69, 9.17) is 5.73 Å². The highest BCUT2D eigenvalue weighted by Crippen LogP contribution is 2.25. The van der Waals surface area contributed by atoms with E-state index in [9.17, 15) is 15.0 Å². The van der Waals surface area contributed by atoms with Crippen LogP contribution in [0, 0.1) is 0 Å². The molecule has 106 valence electrons. The van der Waals surface area contributed by atoms with Gasteiger partial charge < -0.3 is 21.3 Å². The van der Waals surface area contributed by atoms with E-state index in [2.05, 4.69) is 15.5 Å². The van der Waals surface area contributed by atoms with Crippen LogP contribution in [0.5, 0.6) is 11.5 Å². The lowest BCUT2D eigenvalue weighted by Gasteiger charge is -2.12. The van der Waals surface area contributed by atoms with E-state index < -0.39 is 6.04 Å². The van der Waals surface area contributed by atoms with Crippen LogP contribution in [-0.2, 0) is 17.8 Å². The van der Waals surface area contributed by atoms with Crippen molar-refractivity contribution in [2.45, 2.75) is 19.0 Å². The Bertz CT molecular complexity index is 583. The molecule has 0 saturated carbocycles. The van der Waals surface area contributed by atoms with Gasteiger partial charge in [0.05, 0.1) is 18.3 Å². The first-order valence-electron chi connectivity index (χ1n) is 6.08. The maximum absolute atomic E-state index is 11.8. The third-order valence-electron chi connectivity index (χ3n) is 2.84. The van der Waals surface area contributed by atoms with Crippen molar-refractivity contribution >= 4 is 5.91 Å². The van der Waals surface area contributed by atoms with Gasteiger partial charge in [0.2, 0.25) is 5.91 Å². The molecular weight excluding hydrogens is 260 g/mol. The van der Waals surface area contributed by atoms with Gasteiger partial charge in [0, 0.05) is 6.20 Å². The van der Waals surface area contributed by atoms with Crippen LogP contribution in [0.2, 0.25) is 0 Å². The maximum atomic E-state index is 11.8. The lowest BCUT2D eigenvalue weighted by molar-refractivity contribution is -0.122. The summed E-state index contributed by atoms with van der Waals surface area (Å²) in [5.74, 6) is -0.731. The molecule has 1 aromatic heterocycles. The number of aromatic amines is 1. The summed E-state index contributed by atoms with van der Waals surface area (Å²) >= 11 is 0. The van der Waals surface area contributed by atoms with Crippen molar-refractivity contribution in [1.29, 1.82) is 0 Å². The van der Waals surface area contributed by atoms with Crippen molar-refractivity contribution in [3.63, 3.8) is 0 Å². The predicted octanol–water partition coefficient (Wildman–Crippen LogP) is 0.00710. The second kappa shape index (κ2) is 6.07. The highest BCUT2D eigenvalue weighted by Gasteiger charge is 2.14. The van der Waals surface area contributed by atoms with Gasteiger partial charge in [-0.25, -0.2) is 0 Å². The van der Waals surface area contributed by atoms with Crippen LogP contribution < -0.4 is 11.1 Å². The van der Waals surface area contributed by atoms with E-state index in [0.717, 1.165) is 5.69 Å². The second-order valence-electron chi connectivity index (χ2n) is 4.43. The SMILES string of the molecule is N[C@@H](Cc1ccc(O)c(O)c1)C(=O)NCc1ccn[nH]1. The molecule has 0 saturated heterocycles. The number of rotatable bonds is 5. The number of aromatic nitrogens is 2. The lowest BCUT2D eigenvalue weighted by atomic mass is 10.1. The van der Waals surface area contributed by atoms with Crippen LogP contribution in [0.1, 0.15) is 11.3 Å². The zero-order valence-corrected chi connectivity index (χ0v) is 10.7. The maximum Gasteiger partial charge on any atom is 0.237 e. The molecule has 2 rings (SSSR count). The number of hydrogen-bond acceptors (Lipinski definition) is 5. The topological polar surface area (TPSA) is 124 Å². The molecule has 0 aliphatic rings. The Hall–Kier alpha value is -2.54. The lowest BCUT2D eigenvalue weighted by Crippen LogP contribution is -2.41. The number of phenolic OH excluding ortho intramolecular Hbond substituents is 2. The van der Waals surface area contributed by atoms with E-state index >= 15 is 0 Å². The van der Waals surface area contributed by atoms with Gasteiger partial charge in [-0.15, -0.1) is 0 Å². The Labute approximate surface area is 115 Å². The fraction of sp³-hybridized carbons (Fsp3) is 0.231. The second-order valence-corrected chi connectivity index (χ2v) is 4.43. The molecule has 0 spiro atoms. The van der Waals surface area contributed by atoms with Gasteiger partial charge in [-0.05, 0) is 30.2 Å². The smallest absolute Gasteiger partial charge is 0.237 e. The van der Waals surface area contributed by atoms with Crippen LogP contribution in [0.4, 0.5) is 0 Å². The van der Waals surface area contributed by atoms with Crippen LogP contribution in [0.3, 0.4) is 0 Å². The van der Waals surface area contributed by atoms with Gasteiger partial charge in [-0.3, -0.25) is 9.89 Å². The van der Waals surface area contributed by atoms with Gasteiger partial charge in [0.15, 0.2) is 11.5 Å². The number of benzene rings is 1. The average molecular weight is 276 g/mol. The molecule has 0 aliphatic carbocycles. The first-order valence-corrected chi connectivity index (χ1v) is 6.08. The first-order chi connectivity index (χ1) is 9.56. The number of carbonyl (C=O) groups is 1. The quantitative estimate of drug-likeness (QED) is 0.492. The van der Waals surface area contributed by atoms with Crippen molar-refractivity contribution in [3.05, 3.63) is 41.7 Å². The fourth-order valence-corrected chi connectivity index (χ4v) is 1.74. The summed E-state index contributed by atoms with van der Waals surface area (Å²) in [7, 11) is 0. The van der Waals surface area contributed by atoms with Crippen molar-refractivity contribution in [3.8, 4) is 11.5 Å². The van der Waals surface area contributed by atoms with Crippen LogP contribution in [0.15, 0.2) is 30.5 Å². The predicted molar refractivity (Wildman–Crippen MR) is 71.9 cm³/mol. The molecule has 0 radical (unpaired) electrons. The number of nitrogens with zero attached hydrogens (tertiary/aromatic N) is 1. The molecular formula is C13H16N4O3. The minimum absolute atomic E-state index is 0.203. The molecule has 1 atom stereocenters. The number of phenols is 2. The summed E-state index contributed by atoms with van der Waals surface area (Å²) in [6.07, 6.45) is 1.86. The van der Waals surface area contributed by atoms with Crippen LogP contribution in [0.25, 0.3) is 0 Å². The van der Waals surface area contributed by atoms with Crippen molar-refractivity contribution in [1.82, 2.24) is 15.5 Å². The molecule has 0 fully saturated rings. The zero-order chi connectivity index (χ0) is 14.5. The minimum Gasteiger partial charge on any atom is -0.504 e. The molecule has 1 heterocycles. The Morgan fingerprint density at radius 3 is 2.80 bits per heavy atom. The van der Waals surface area contributed by atoms with E-state index in [1.165, 1.54) is 12.1 Å². The van der Waals surface area contributed by atoms with Gasteiger partial charge in [-0.1, -0.05) is 6.07 Å². The average Bonchev–Trinajstić information content (AvgIpc) is 2.93. The van der Waals surface area contributed by atoms with Gasteiger partial charge in [0.1, 0.15) is 0 Å². The minimum atomic E-state index is -0.734. The Morgan fingerprint density at radius 2 is 2.15 bits per heavy atom. The van der Waals surface area contributed by atoms with E-state index in [1.54, 1.807) is 18.3 Å². The summed E-state index contributed by atoms with van der Waals surface area (Å²) in [5, 5.41) is 27.8. The molecule has 0 bridgehead atoms. The van der Waals surface area contributed by atoms with Gasteiger partial charge >= 0.3 is 0 Å². The summed E-state index contributed by atoms with van der Waals surface area (Å²) < 4.78 is 0. The number of H-pyrrole nitrogens is 1. The first kappa shape index (κ1) is 13.9. The summed E-state index contributed by atoms with van der Waals surface area (Å²) in [5.41, 5.74) is 7.25. The molecule has 7 nitrogen and oxygen atoms in total. The fourth-order valence-electron chi connectivity index (χ4n) is 1.74. The molecule has 7 heteroatoms. The number of hydrogen-bond donors (Lipinski definition) is 5. The molecule has 1 amide bonds. The number of nitrogens with two attached hydrogens (primary N) is 1. The van der Waals surface area contributed by atoms with Crippen molar-refractivity contribution in [2.24, 2.45) is 5.73 Å². The molecule has 20 heavy (non-hydrogen) atoms. The normalized spacial score (nSPS) is 12.1. The van der Waals surface area contributed by atoms with Crippen LogP contribution in [-0.4, -0.2) is 32.4 Å². The molecule has 6 N–H and O–H groups in total. The zero-order valence-electron chi connectivity index (χ0n) is 10.7. The highest BCUT2D eigenvalue weighted by atomic mass is 16.3. The Balaban J connectivity index is 1.88. The molecule has 1 aromatic carbocycles. The van der Waals surface area contributed by atoms with Crippen LogP contribution >= 0.6 is 0 Å². The molecule has 2 aromatic rings.